The highest BCUT2D eigenvalue weighted by Crippen LogP contribution is 2.25. The maximum atomic E-state index is 12.8. The second kappa shape index (κ2) is 7.66. The molecule has 3 rings (SSSR count). The van der Waals surface area contributed by atoms with E-state index in [-0.39, 0.29) is 11.9 Å². The van der Waals surface area contributed by atoms with Crippen LogP contribution in [0.5, 0.6) is 0 Å². The zero-order valence-electron chi connectivity index (χ0n) is 13.4. The van der Waals surface area contributed by atoms with Crippen LogP contribution < -0.4 is 5.32 Å². The molecule has 1 N–H and O–H groups in total. The summed E-state index contributed by atoms with van der Waals surface area (Å²) in [6, 6.07) is 3.62. The van der Waals surface area contributed by atoms with Crippen molar-refractivity contribution in [3.63, 3.8) is 0 Å². The molecule has 0 unspecified atom stereocenters. The molecular formula is C17H22N4OS. The maximum Gasteiger partial charge on any atom is 0.242 e. The number of likely N-dealkylation sites (tertiary alicyclic amines) is 1. The monoisotopic (exact) mass is 330 g/mol. The third-order valence-corrected chi connectivity index (χ3v) is 5.03. The van der Waals surface area contributed by atoms with Crippen LogP contribution in [0.15, 0.2) is 29.9 Å². The summed E-state index contributed by atoms with van der Waals surface area (Å²) < 4.78 is 0. The van der Waals surface area contributed by atoms with E-state index in [1.807, 2.05) is 12.1 Å². The number of rotatable bonds is 6. The van der Waals surface area contributed by atoms with Crippen LogP contribution in [0.3, 0.4) is 0 Å². The molecule has 0 radical (unpaired) electrons. The number of carbonyl (C=O) groups is 1. The smallest absolute Gasteiger partial charge is 0.242 e. The molecule has 0 saturated carbocycles. The Kier molecular flexibility index (Phi) is 5.35. The number of carbonyl (C=O) groups excluding carboxylic acids is 1. The Bertz CT molecular complexity index is 637. The molecule has 23 heavy (non-hydrogen) atoms. The standard InChI is InChI=1S/C17H22N4OS/c1-2-14-12-23-15(20-14)11-19-17(22)16(21-8-3-4-9-21)13-6-5-7-18-10-13/h5-7,10,12,16H,2-4,8-9,11H2,1H3,(H,19,22)/t16-/m1/s1. The van der Waals surface area contributed by atoms with E-state index in [1.54, 1.807) is 23.7 Å². The summed E-state index contributed by atoms with van der Waals surface area (Å²) in [6.07, 6.45) is 6.76. The molecule has 0 bridgehead atoms. The van der Waals surface area contributed by atoms with Crippen LogP contribution in [0.2, 0.25) is 0 Å². The summed E-state index contributed by atoms with van der Waals surface area (Å²) in [4.78, 5) is 23.7. The zero-order chi connectivity index (χ0) is 16.1. The Hall–Kier alpha value is -1.79. The van der Waals surface area contributed by atoms with Crippen molar-refractivity contribution >= 4 is 17.2 Å². The second-order valence-corrected chi connectivity index (χ2v) is 6.68. The Morgan fingerprint density at radius 3 is 2.91 bits per heavy atom. The number of aromatic nitrogens is 2. The molecule has 1 aliphatic heterocycles. The normalized spacial score (nSPS) is 16.4. The second-order valence-electron chi connectivity index (χ2n) is 5.74. The third-order valence-electron chi connectivity index (χ3n) is 4.13. The highest BCUT2D eigenvalue weighted by atomic mass is 32.1. The Morgan fingerprint density at radius 1 is 1.43 bits per heavy atom. The van der Waals surface area contributed by atoms with Crippen molar-refractivity contribution in [1.82, 2.24) is 20.2 Å². The number of pyridine rings is 1. The van der Waals surface area contributed by atoms with Gasteiger partial charge in [-0.1, -0.05) is 13.0 Å². The van der Waals surface area contributed by atoms with Gasteiger partial charge in [-0.05, 0) is 44.0 Å². The number of thiazole rings is 1. The quantitative estimate of drug-likeness (QED) is 0.884. The molecule has 1 aliphatic rings. The lowest BCUT2D eigenvalue weighted by Crippen LogP contribution is -2.39. The largest absolute Gasteiger partial charge is 0.348 e. The van der Waals surface area contributed by atoms with E-state index >= 15 is 0 Å². The van der Waals surface area contributed by atoms with Crippen molar-refractivity contribution in [2.24, 2.45) is 0 Å². The van der Waals surface area contributed by atoms with Crippen molar-refractivity contribution in [3.05, 3.63) is 46.2 Å². The minimum absolute atomic E-state index is 0.0353. The van der Waals surface area contributed by atoms with E-state index in [9.17, 15) is 4.79 Å². The maximum absolute atomic E-state index is 12.8. The number of nitrogens with zero attached hydrogens (tertiary/aromatic N) is 3. The van der Waals surface area contributed by atoms with Crippen LogP contribution in [0, 0.1) is 0 Å². The predicted molar refractivity (Wildman–Crippen MR) is 91.1 cm³/mol. The van der Waals surface area contributed by atoms with Gasteiger partial charge in [0, 0.05) is 17.8 Å². The van der Waals surface area contributed by atoms with E-state index in [0.29, 0.717) is 6.54 Å². The third kappa shape index (κ3) is 3.95. The SMILES string of the molecule is CCc1csc(CNC(=O)[C@@H](c2cccnc2)N2CCCC2)n1. The summed E-state index contributed by atoms with van der Waals surface area (Å²) in [6.45, 7) is 4.51. The van der Waals surface area contributed by atoms with Crippen LogP contribution in [0.4, 0.5) is 0 Å². The fourth-order valence-corrected chi connectivity index (χ4v) is 3.73. The molecule has 1 saturated heterocycles. The van der Waals surface area contributed by atoms with E-state index in [1.165, 1.54) is 0 Å². The molecule has 0 aliphatic carbocycles. The van der Waals surface area contributed by atoms with Crippen LogP contribution in [-0.4, -0.2) is 33.9 Å². The molecule has 2 aromatic rings. The van der Waals surface area contributed by atoms with Gasteiger partial charge in [0.25, 0.3) is 0 Å². The molecule has 1 atom stereocenters. The van der Waals surface area contributed by atoms with Gasteiger partial charge in [0.1, 0.15) is 11.0 Å². The number of hydrogen-bond donors (Lipinski definition) is 1. The van der Waals surface area contributed by atoms with Crippen molar-refractivity contribution in [3.8, 4) is 0 Å². The first-order chi connectivity index (χ1) is 11.3. The van der Waals surface area contributed by atoms with Gasteiger partial charge in [-0.3, -0.25) is 14.7 Å². The summed E-state index contributed by atoms with van der Waals surface area (Å²) in [5, 5.41) is 6.07. The van der Waals surface area contributed by atoms with Gasteiger partial charge in [-0.25, -0.2) is 4.98 Å². The van der Waals surface area contributed by atoms with Gasteiger partial charge in [-0.15, -0.1) is 11.3 Å². The fourth-order valence-electron chi connectivity index (χ4n) is 2.92. The van der Waals surface area contributed by atoms with Gasteiger partial charge < -0.3 is 5.32 Å². The number of nitrogens with one attached hydrogen (secondary N) is 1. The van der Waals surface area contributed by atoms with Crippen molar-refractivity contribution in [2.75, 3.05) is 13.1 Å². The van der Waals surface area contributed by atoms with Gasteiger partial charge in [0.15, 0.2) is 0 Å². The summed E-state index contributed by atoms with van der Waals surface area (Å²) in [5.74, 6) is 0.0353. The number of amides is 1. The average Bonchev–Trinajstić information content (AvgIpc) is 3.26. The molecule has 2 aromatic heterocycles. The first-order valence-electron chi connectivity index (χ1n) is 8.13. The molecule has 122 valence electrons. The Labute approximate surface area is 140 Å². The lowest BCUT2D eigenvalue weighted by atomic mass is 10.1. The first kappa shape index (κ1) is 16.1. The Balaban J connectivity index is 1.69. The van der Waals surface area contributed by atoms with Crippen molar-refractivity contribution in [1.29, 1.82) is 0 Å². The average molecular weight is 330 g/mol. The predicted octanol–water partition coefficient (Wildman–Crippen LogP) is 2.55. The van der Waals surface area contributed by atoms with Gasteiger partial charge in [0.05, 0.1) is 12.2 Å². The van der Waals surface area contributed by atoms with Gasteiger partial charge >= 0.3 is 0 Å². The summed E-state index contributed by atoms with van der Waals surface area (Å²) >= 11 is 1.60. The van der Waals surface area contributed by atoms with E-state index in [4.69, 9.17) is 0 Å². The van der Waals surface area contributed by atoms with Crippen LogP contribution >= 0.6 is 11.3 Å². The molecule has 3 heterocycles. The van der Waals surface area contributed by atoms with E-state index < -0.39 is 0 Å². The number of aryl methyl sites for hydroxylation is 1. The highest BCUT2D eigenvalue weighted by molar-refractivity contribution is 7.09. The Morgan fingerprint density at radius 2 is 2.26 bits per heavy atom. The fraction of sp³-hybridized carbons (Fsp3) is 0.471. The van der Waals surface area contributed by atoms with E-state index in [2.05, 4.69) is 32.5 Å². The molecule has 0 spiro atoms. The van der Waals surface area contributed by atoms with Crippen molar-refractivity contribution < 1.29 is 4.79 Å². The topological polar surface area (TPSA) is 58.1 Å². The van der Waals surface area contributed by atoms with Crippen molar-refractivity contribution in [2.45, 2.75) is 38.8 Å². The molecule has 5 nitrogen and oxygen atoms in total. The molecular weight excluding hydrogens is 308 g/mol. The molecule has 0 aromatic carbocycles. The highest BCUT2D eigenvalue weighted by Gasteiger charge is 2.29. The van der Waals surface area contributed by atoms with Crippen LogP contribution in [0.1, 0.15) is 42.1 Å². The van der Waals surface area contributed by atoms with Gasteiger partial charge in [0.2, 0.25) is 5.91 Å². The molecule has 1 fully saturated rings. The lowest BCUT2D eigenvalue weighted by Gasteiger charge is -2.26. The number of hydrogen-bond acceptors (Lipinski definition) is 5. The lowest BCUT2D eigenvalue weighted by molar-refractivity contribution is -0.126. The summed E-state index contributed by atoms with van der Waals surface area (Å²) in [5.41, 5.74) is 2.04. The first-order valence-corrected chi connectivity index (χ1v) is 9.01. The minimum Gasteiger partial charge on any atom is -0.348 e. The van der Waals surface area contributed by atoms with E-state index in [0.717, 1.165) is 48.6 Å². The molecule has 1 amide bonds. The summed E-state index contributed by atoms with van der Waals surface area (Å²) in [7, 11) is 0. The minimum atomic E-state index is -0.253. The zero-order valence-corrected chi connectivity index (χ0v) is 14.2. The van der Waals surface area contributed by atoms with Gasteiger partial charge in [-0.2, -0.15) is 0 Å². The van der Waals surface area contributed by atoms with Crippen LogP contribution in [0.25, 0.3) is 0 Å². The molecule has 6 heteroatoms. The van der Waals surface area contributed by atoms with Crippen LogP contribution in [-0.2, 0) is 17.8 Å².